The van der Waals surface area contributed by atoms with Crippen LogP contribution in [0.4, 0.5) is 23.2 Å². The fraction of sp³-hybridized carbons (Fsp3) is 0.111. The van der Waals surface area contributed by atoms with E-state index < -0.39 is 35.0 Å². The molecule has 0 saturated carbocycles. The molecule has 0 unspecified atom stereocenters. The van der Waals surface area contributed by atoms with E-state index in [0.717, 1.165) is 19.5 Å². The summed E-state index contributed by atoms with van der Waals surface area (Å²) in [5.41, 5.74) is 4.12. The summed E-state index contributed by atoms with van der Waals surface area (Å²) in [4.78, 5) is 15.0. The molecule has 3 N–H and O–H groups in total. The average molecular weight is 417 g/mol. The summed E-state index contributed by atoms with van der Waals surface area (Å²) in [5, 5.41) is 9.12. The van der Waals surface area contributed by atoms with Crippen molar-refractivity contribution in [3.05, 3.63) is 64.1 Å². The molecule has 10 heteroatoms. The van der Waals surface area contributed by atoms with Crippen molar-refractivity contribution in [3.8, 4) is 5.75 Å². The highest BCUT2D eigenvalue weighted by atomic mass is 35.5. The van der Waals surface area contributed by atoms with Gasteiger partial charge >= 0.3 is 12.1 Å². The van der Waals surface area contributed by atoms with Crippen molar-refractivity contribution in [2.24, 2.45) is 10.7 Å². The Morgan fingerprint density at radius 2 is 1.96 bits per heavy atom. The molecule has 0 fully saturated rings. The van der Waals surface area contributed by atoms with Crippen molar-refractivity contribution in [2.75, 3.05) is 7.11 Å². The third-order valence-corrected chi connectivity index (χ3v) is 3.95. The highest BCUT2D eigenvalue weighted by Gasteiger charge is 2.32. The molecular formula is C18H13ClF4N2O3. The molecule has 2 aromatic rings. The SMILES string of the molecule is COc1cc(C(F)(F)F)cc(F)c1N=CC(=CN)c1ccc(Cl)c(C(=O)O)c1. The number of aliphatic imine (C=N–C) groups is 1. The Morgan fingerprint density at radius 3 is 2.50 bits per heavy atom. The number of nitrogens with zero attached hydrogens (tertiary/aromatic N) is 1. The van der Waals surface area contributed by atoms with E-state index in [9.17, 15) is 22.4 Å². The molecule has 28 heavy (non-hydrogen) atoms. The molecule has 0 radical (unpaired) electrons. The smallest absolute Gasteiger partial charge is 0.416 e. The number of rotatable bonds is 5. The van der Waals surface area contributed by atoms with Crippen molar-refractivity contribution < 1.29 is 32.2 Å². The summed E-state index contributed by atoms with van der Waals surface area (Å²) in [5.74, 6) is -2.94. The largest absolute Gasteiger partial charge is 0.494 e. The highest BCUT2D eigenvalue weighted by molar-refractivity contribution is 6.33. The van der Waals surface area contributed by atoms with Crippen molar-refractivity contribution in [1.29, 1.82) is 0 Å². The first-order chi connectivity index (χ1) is 13.1. The first-order valence-electron chi connectivity index (χ1n) is 7.52. The van der Waals surface area contributed by atoms with E-state index in [1.165, 1.54) is 18.2 Å². The number of carboxylic acids is 1. The van der Waals surface area contributed by atoms with Crippen LogP contribution in [0.1, 0.15) is 21.5 Å². The first-order valence-corrected chi connectivity index (χ1v) is 7.90. The lowest BCUT2D eigenvalue weighted by Crippen LogP contribution is -2.06. The Morgan fingerprint density at radius 1 is 1.29 bits per heavy atom. The van der Waals surface area contributed by atoms with E-state index in [-0.39, 0.29) is 16.2 Å². The van der Waals surface area contributed by atoms with Gasteiger partial charge in [0.25, 0.3) is 0 Å². The van der Waals surface area contributed by atoms with Crippen LogP contribution < -0.4 is 10.5 Å². The van der Waals surface area contributed by atoms with Crippen LogP contribution in [0.2, 0.25) is 5.02 Å². The van der Waals surface area contributed by atoms with Gasteiger partial charge in [0.15, 0.2) is 5.82 Å². The molecule has 0 saturated heterocycles. The van der Waals surface area contributed by atoms with Gasteiger partial charge < -0.3 is 15.6 Å². The quantitative estimate of drug-likeness (QED) is 0.536. The Hall–Kier alpha value is -3.07. The van der Waals surface area contributed by atoms with Crippen LogP contribution in [0.25, 0.3) is 5.57 Å². The standard InChI is InChI=1S/C18H13ClF4N2O3/c1-28-15-6-11(18(21,22)23)5-14(20)16(15)25-8-10(7-24)9-2-3-13(19)12(4-9)17(26)27/h2-8H,24H2,1H3,(H,26,27). The third-order valence-electron chi connectivity index (χ3n) is 3.62. The predicted molar refractivity (Wildman–Crippen MR) is 96.7 cm³/mol. The Kier molecular flexibility index (Phi) is 6.30. The van der Waals surface area contributed by atoms with Crippen LogP contribution in [0.15, 0.2) is 41.5 Å². The zero-order valence-corrected chi connectivity index (χ0v) is 15.0. The number of allylic oxidation sites excluding steroid dienone is 1. The fourth-order valence-electron chi connectivity index (χ4n) is 2.24. The zero-order valence-electron chi connectivity index (χ0n) is 14.2. The number of alkyl halides is 3. The molecule has 0 aliphatic heterocycles. The van der Waals surface area contributed by atoms with Crippen molar-refractivity contribution in [3.63, 3.8) is 0 Å². The monoisotopic (exact) mass is 416 g/mol. The Balaban J connectivity index is 2.47. The lowest BCUT2D eigenvalue weighted by molar-refractivity contribution is -0.137. The van der Waals surface area contributed by atoms with E-state index >= 15 is 0 Å². The number of carbonyl (C=O) groups is 1. The Labute approximate surface area is 161 Å². The van der Waals surface area contributed by atoms with Gasteiger partial charge in [-0.15, -0.1) is 0 Å². The van der Waals surface area contributed by atoms with Gasteiger partial charge in [0, 0.05) is 18.0 Å². The molecular weight excluding hydrogens is 404 g/mol. The van der Waals surface area contributed by atoms with Gasteiger partial charge in [-0.25, -0.2) is 14.2 Å². The van der Waals surface area contributed by atoms with Crippen LogP contribution >= 0.6 is 11.6 Å². The van der Waals surface area contributed by atoms with Gasteiger partial charge in [-0.2, -0.15) is 13.2 Å². The van der Waals surface area contributed by atoms with E-state index in [2.05, 4.69) is 4.99 Å². The normalized spacial score (nSPS) is 12.4. The molecule has 0 heterocycles. The topological polar surface area (TPSA) is 84.9 Å². The molecule has 0 aliphatic carbocycles. The molecule has 148 valence electrons. The number of methoxy groups -OCH3 is 1. The maximum Gasteiger partial charge on any atom is 0.416 e. The summed E-state index contributed by atoms with van der Waals surface area (Å²) in [6.45, 7) is 0. The van der Waals surface area contributed by atoms with Gasteiger partial charge in [0.05, 0.1) is 23.3 Å². The summed E-state index contributed by atoms with van der Waals surface area (Å²) in [6, 6.07) is 4.94. The first kappa shape index (κ1) is 21.2. The zero-order chi connectivity index (χ0) is 21.1. The Bertz CT molecular complexity index is 972. The van der Waals surface area contributed by atoms with Gasteiger partial charge in [0.1, 0.15) is 11.4 Å². The number of carboxylic acid groups (broad SMARTS) is 1. The number of aromatic carboxylic acids is 1. The summed E-state index contributed by atoms with van der Waals surface area (Å²) >= 11 is 5.80. The van der Waals surface area contributed by atoms with Gasteiger partial charge in [0.2, 0.25) is 0 Å². The summed E-state index contributed by atoms with van der Waals surface area (Å²) < 4.78 is 57.4. The third kappa shape index (κ3) is 4.61. The number of nitrogens with two attached hydrogens (primary N) is 1. The molecule has 5 nitrogen and oxygen atoms in total. The fourth-order valence-corrected chi connectivity index (χ4v) is 2.43. The number of hydrogen-bond acceptors (Lipinski definition) is 4. The molecule has 0 spiro atoms. The molecule has 0 aliphatic rings. The van der Waals surface area contributed by atoms with Crippen LogP contribution in [0, 0.1) is 5.82 Å². The minimum absolute atomic E-state index is 0.0000124. The highest BCUT2D eigenvalue weighted by Crippen LogP contribution is 2.38. The number of benzene rings is 2. The number of halogens is 5. The molecule has 0 atom stereocenters. The second-order valence-corrected chi connectivity index (χ2v) is 5.79. The van der Waals surface area contributed by atoms with Crippen LogP contribution in [-0.2, 0) is 6.18 Å². The van der Waals surface area contributed by atoms with E-state index in [1.54, 1.807) is 0 Å². The summed E-state index contributed by atoms with van der Waals surface area (Å²) in [7, 11) is 1.08. The molecule has 2 rings (SSSR count). The second-order valence-electron chi connectivity index (χ2n) is 5.39. The molecule has 2 aromatic carbocycles. The van der Waals surface area contributed by atoms with E-state index in [0.29, 0.717) is 17.7 Å². The number of ether oxygens (including phenoxy) is 1. The molecule has 0 bridgehead atoms. The van der Waals surface area contributed by atoms with Gasteiger partial charge in [-0.1, -0.05) is 17.7 Å². The molecule has 0 amide bonds. The minimum Gasteiger partial charge on any atom is -0.494 e. The second kappa shape index (κ2) is 8.30. The minimum atomic E-state index is -4.75. The average Bonchev–Trinajstić information content (AvgIpc) is 2.62. The van der Waals surface area contributed by atoms with Gasteiger partial charge in [-0.05, 0) is 29.8 Å². The predicted octanol–water partition coefficient (Wildman–Crippen LogP) is 4.91. The maximum atomic E-state index is 14.2. The van der Waals surface area contributed by atoms with Crippen LogP contribution in [0.5, 0.6) is 5.75 Å². The maximum absolute atomic E-state index is 14.2. The van der Waals surface area contributed by atoms with E-state index in [1.807, 2.05) is 0 Å². The van der Waals surface area contributed by atoms with Crippen molar-refractivity contribution in [2.45, 2.75) is 6.18 Å². The van der Waals surface area contributed by atoms with E-state index in [4.69, 9.17) is 27.2 Å². The lowest BCUT2D eigenvalue weighted by atomic mass is 10.0. The van der Waals surface area contributed by atoms with Crippen LogP contribution in [0.3, 0.4) is 0 Å². The van der Waals surface area contributed by atoms with Crippen molar-refractivity contribution in [1.82, 2.24) is 0 Å². The lowest BCUT2D eigenvalue weighted by Gasteiger charge is -2.11. The molecule has 0 aromatic heterocycles. The van der Waals surface area contributed by atoms with Crippen molar-refractivity contribution >= 4 is 35.0 Å². The number of hydrogen-bond donors (Lipinski definition) is 2. The summed E-state index contributed by atoms with van der Waals surface area (Å²) in [6.07, 6.45) is -2.61. The van der Waals surface area contributed by atoms with Crippen LogP contribution in [-0.4, -0.2) is 24.4 Å². The van der Waals surface area contributed by atoms with Gasteiger partial charge in [-0.3, -0.25) is 0 Å².